The fourth-order valence-corrected chi connectivity index (χ4v) is 5.12. The van der Waals surface area contributed by atoms with Gasteiger partial charge in [-0.3, -0.25) is 9.80 Å². The zero-order valence-corrected chi connectivity index (χ0v) is 16.1. The Morgan fingerprint density at radius 2 is 1.85 bits per heavy atom. The molecule has 1 aromatic carbocycles. The highest BCUT2D eigenvalue weighted by atomic mass is 16.3. The number of aryl methyl sites for hydroxylation is 1. The van der Waals surface area contributed by atoms with Crippen molar-refractivity contribution in [1.29, 1.82) is 0 Å². The molecule has 3 fully saturated rings. The Kier molecular flexibility index (Phi) is 4.99. The standard InChI is InChI=1S/C21H33N3O2/c1-16-5-3-4-6-20(16)22-9-7-21(26,8-10-22)15-24-13-18-11-19(25)14-23(18)12-17(24)2/h3-6,17-19,25-26H,7-15H2,1-2H3/t17-,18?,19+/m0/s1. The number of piperazine rings is 1. The number of para-hydroxylation sites is 1. The number of hydrogen-bond acceptors (Lipinski definition) is 5. The van der Waals surface area contributed by atoms with Crippen molar-refractivity contribution >= 4 is 5.69 Å². The van der Waals surface area contributed by atoms with Crippen LogP contribution < -0.4 is 4.90 Å². The Bertz CT molecular complexity index is 629. The number of anilines is 1. The van der Waals surface area contributed by atoms with E-state index in [0.29, 0.717) is 12.1 Å². The van der Waals surface area contributed by atoms with Crippen LogP contribution in [0.4, 0.5) is 5.69 Å². The monoisotopic (exact) mass is 359 g/mol. The van der Waals surface area contributed by atoms with E-state index in [1.807, 2.05) is 0 Å². The minimum atomic E-state index is -0.590. The number of piperidine rings is 1. The second kappa shape index (κ2) is 7.12. The first-order chi connectivity index (χ1) is 12.4. The third-order valence-electron chi connectivity index (χ3n) is 6.72. The summed E-state index contributed by atoms with van der Waals surface area (Å²) in [6.45, 7) is 9.81. The quantitative estimate of drug-likeness (QED) is 0.856. The molecule has 0 aliphatic carbocycles. The van der Waals surface area contributed by atoms with E-state index >= 15 is 0 Å². The van der Waals surface area contributed by atoms with Crippen molar-refractivity contribution in [3.63, 3.8) is 0 Å². The second-order valence-corrected chi connectivity index (χ2v) is 8.77. The summed E-state index contributed by atoms with van der Waals surface area (Å²) in [5.41, 5.74) is 2.02. The molecule has 5 heteroatoms. The zero-order chi connectivity index (χ0) is 18.3. The maximum Gasteiger partial charge on any atom is 0.0807 e. The number of aliphatic hydroxyl groups is 2. The SMILES string of the molecule is Cc1ccccc1N1CCC(O)(CN2CC3C[C@@H](O)CN3C[C@@H]2C)CC1. The minimum Gasteiger partial charge on any atom is -0.392 e. The van der Waals surface area contributed by atoms with Crippen molar-refractivity contribution in [2.45, 2.75) is 56.9 Å². The minimum absolute atomic E-state index is 0.174. The van der Waals surface area contributed by atoms with Crippen molar-refractivity contribution in [2.75, 3.05) is 44.2 Å². The largest absolute Gasteiger partial charge is 0.392 e. The van der Waals surface area contributed by atoms with E-state index < -0.39 is 5.60 Å². The lowest BCUT2D eigenvalue weighted by Crippen LogP contribution is -2.60. The molecule has 2 N–H and O–H groups in total. The third-order valence-corrected chi connectivity index (χ3v) is 6.72. The number of β-amino-alcohol motifs (C(OH)–C–C–N with tert-alkyl or cyclic N) is 1. The maximum absolute atomic E-state index is 11.2. The molecule has 3 heterocycles. The number of fused-ring (bicyclic) bond motifs is 1. The molecular formula is C21H33N3O2. The first kappa shape index (κ1) is 18.2. The number of rotatable bonds is 3. The Balaban J connectivity index is 1.36. The van der Waals surface area contributed by atoms with Crippen molar-refractivity contribution in [1.82, 2.24) is 9.80 Å². The molecule has 3 atom stereocenters. The van der Waals surface area contributed by atoms with Gasteiger partial charge in [-0.15, -0.1) is 0 Å². The van der Waals surface area contributed by atoms with Gasteiger partial charge in [0.1, 0.15) is 0 Å². The van der Waals surface area contributed by atoms with Crippen LogP contribution in [0, 0.1) is 6.92 Å². The summed E-state index contributed by atoms with van der Waals surface area (Å²) in [4.78, 5) is 7.30. The molecule has 4 rings (SSSR count). The molecule has 1 aromatic rings. The molecule has 0 bridgehead atoms. The fraction of sp³-hybridized carbons (Fsp3) is 0.714. The Hall–Kier alpha value is -1.14. The molecule has 3 aliphatic heterocycles. The lowest BCUT2D eigenvalue weighted by Gasteiger charge is -2.47. The average molecular weight is 360 g/mol. The molecule has 0 spiro atoms. The van der Waals surface area contributed by atoms with Crippen LogP contribution in [0.15, 0.2) is 24.3 Å². The summed E-state index contributed by atoms with van der Waals surface area (Å²) in [6, 6.07) is 9.42. The highest BCUT2D eigenvalue weighted by Gasteiger charge is 2.42. The number of hydrogen-bond donors (Lipinski definition) is 2. The molecule has 0 radical (unpaired) electrons. The van der Waals surface area contributed by atoms with Crippen LogP contribution >= 0.6 is 0 Å². The topological polar surface area (TPSA) is 50.2 Å². The van der Waals surface area contributed by atoms with Crippen molar-refractivity contribution < 1.29 is 10.2 Å². The summed E-state index contributed by atoms with van der Waals surface area (Å²) in [5.74, 6) is 0. The highest BCUT2D eigenvalue weighted by molar-refractivity contribution is 5.53. The lowest BCUT2D eigenvalue weighted by atomic mass is 9.89. The molecule has 5 nitrogen and oxygen atoms in total. The first-order valence-corrected chi connectivity index (χ1v) is 10.1. The lowest BCUT2D eigenvalue weighted by molar-refractivity contribution is -0.0472. The van der Waals surface area contributed by atoms with Gasteiger partial charge in [0.2, 0.25) is 0 Å². The van der Waals surface area contributed by atoms with Gasteiger partial charge >= 0.3 is 0 Å². The van der Waals surface area contributed by atoms with Gasteiger partial charge in [-0.2, -0.15) is 0 Å². The molecule has 0 aromatic heterocycles. The van der Waals surface area contributed by atoms with Crippen LogP contribution in [-0.2, 0) is 0 Å². The van der Waals surface area contributed by atoms with Gasteiger partial charge in [0.15, 0.2) is 0 Å². The number of nitrogens with zero attached hydrogens (tertiary/aromatic N) is 3. The molecule has 26 heavy (non-hydrogen) atoms. The summed E-state index contributed by atoms with van der Waals surface area (Å²) < 4.78 is 0. The smallest absolute Gasteiger partial charge is 0.0807 e. The van der Waals surface area contributed by atoms with E-state index in [1.54, 1.807) is 0 Å². The first-order valence-electron chi connectivity index (χ1n) is 10.1. The van der Waals surface area contributed by atoms with Crippen molar-refractivity contribution in [3.8, 4) is 0 Å². The van der Waals surface area contributed by atoms with Gasteiger partial charge in [-0.25, -0.2) is 0 Å². The zero-order valence-electron chi connectivity index (χ0n) is 16.1. The predicted molar refractivity (Wildman–Crippen MR) is 105 cm³/mol. The van der Waals surface area contributed by atoms with E-state index in [1.165, 1.54) is 11.3 Å². The van der Waals surface area contributed by atoms with Gasteiger partial charge in [0, 0.05) is 57.0 Å². The molecule has 0 saturated carbocycles. The van der Waals surface area contributed by atoms with E-state index in [-0.39, 0.29) is 6.10 Å². The average Bonchev–Trinajstić information content (AvgIpc) is 2.95. The van der Waals surface area contributed by atoms with Crippen LogP contribution in [0.25, 0.3) is 0 Å². The summed E-state index contributed by atoms with van der Waals surface area (Å²) in [6.07, 6.45) is 2.35. The van der Waals surface area contributed by atoms with Crippen LogP contribution in [-0.4, -0.2) is 83.1 Å². The van der Waals surface area contributed by atoms with Gasteiger partial charge < -0.3 is 15.1 Å². The number of benzene rings is 1. The normalized spacial score (nSPS) is 32.6. The van der Waals surface area contributed by atoms with Crippen LogP contribution in [0.2, 0.25) is 0 Å². The maximum atomic E-state index is 11.2. The van der Waals surface area contributed by atoms with E-state index in [4.69, 9.17) is 0 Å². The predicted octanol–water partition coefficient (Wildman–Crippen LogP) is 1.47. The van der Waals surface area contributed by atoms with Crippen LogP contribution in [0.3, 0.4) is 0 Å². The van der Waals surface area contributed by atoms with Gasteiger partial charge in [0.25, 0.3) is 0 Å². The molecular weight excluding hydrogens is 326 g/mol. The molecule has 144 valence electrons. The molecule has 0 amide bonds. The van der Waals surface area contributed by atoms with Gasteiger partial charge in [-0.05, 0) is 44.7 Å². The van der Waals surface area contributed by atoms with Gasteiger partial charge in [0.05, 0.1) is 11.7 Å². The Morgan fingerprint density at radius 1 is 1.12 bits per heavy atom. The molecule has 1 unspecified atom stereocenters. The molecule has 3 saturated heterocycles. The fourth-order valence-electron chi connectivity index (χ4n) is 5.12. The highest BCUT2D eigenvalue weighted by Crippen LogP contribution is 2.31. The summed E-state index contributed by atoms with van der Waals surface area (Å²) >= 11 is 0. The van der Waals surface area contributed by atoms with Crippen molar-refractivity contribution in [3.05, 3.63) is 29.8 Å². The Morgan fingerprint density at radius 3 is 2.58 bits per heavy atom. The Labute approximate surface area is 157 Å². The molecule has 3 aliphatic rings. The van der Waals surface area contributed by atoms with E-state index in [0.717, 1.165) is 58.5 Å². The van der Waals surface area contributed by atoms with E-state index in [2.05, 4.69) is 52.8 Å². The third kappa shape index (κ3) is 3.63. The van der Waals surface area contributed by atoms with Crippen LogP contribution in [0.5, 0.6) is 0 Å². The number of aliphatic hydroxyl groups excluding tert-OH is 1. The summed E-state index contributed by atoms with van der Waals surface area (Å²) in [5, 5.41) is 21.2. The van der Waals surface area contributed by atoms with Crippen LogP contribution in [0.1, 0.15) is 31.7 Å². The van der Waals surface area contributed by atoms with Gasteiger partial charge in [-0.1, -0.05) is 18.2 Å². The van der Waals surface area contributed by atoms with E-state index in [9.17, 15) is 10.2 Å². The summed E-state index contributed by atoms with van der Waals surface area (Å²) in [7, 11) is 0. The second-order valence-electron chi connectivity index (χ2n) is 8.77. The van der Waals surface area contributed by atoms with Crippen molar-refractivity contribution in [2.24, 2.45) is 0 Å².